The van der Waals surface area contributed by atoms with Crippen LogP contribution in [-0.2, 0) is 16.2 Å². The summed E-state index contributed by atoms with van der Waals surface area (Å²) in [6.45, 7) is -0.926. The van der Waals surface area contributed by atoms with Crippen LogP contribution in [0.3, 0.4) is 0 Å². The number of amides is 1. The van der Waals surface area contributed by atoms with Crippen LogP contribution in [0.5, 0.6) is 0 Å². The number of rotatable bonds is 11. The molecule has 11 heteroatoms. The zero-order valence-electron chi connectivity index (χ0n) is 15.2. The molecule has 0 radical (unpaired) electrons. The molecule has 1 aliphatic rings. The van der Waals surface area contributed by atoms with Gasteiger partial charge in [-0.25, -0.2) is 18.7 Å². The molecule has 0 fully saturated rings. The standard InChI is InChI=1S/C18H20F3IN2O5/c19-13-9-22-3-2-14(13)23-17-12(18(27)24-29-7-5-26)8-11(15(20)16(17)21)10-28-6-1-4-25/h2-3,8-9,23,25-26H,1,4-7,10H2,(H,24,27). The number of aliphatic hydroxyl groups is 2. The molecule has 1 aliphatic heterocycles. The molecule has 29 heavy (non-hydrogen) atoms. The Morgan fingerprint density at radius 1 is 1.14 bits per heavy atom. The number of carbonyl (C=O) groups is 1. The topological polar surface area (TPSA) is 100 Å². The fourth-order valence-electron chi connectivity index (χ4n) is 2.22. The second kappa shape index (κ2) is 12.0. The van der Waals surface area contributed by atoms with E-state index in [0.717, 1.165) is 6.07 Å². The molecule has 4 N–H and O–H groups in total. The lowest BCUT2D eigenvalue weighted by Crippen LogP contribution is -2.27. The number of ether oxygens (including phenoxy) is 1. The van der Waals surface area contributed by atoms with E-state index in [1.165, 1.54) is 10.1 Å². The molecule has 1 amide bonds. The lowest BCUT2D eigenvalue weighted by Gasteiger charge is -2.17. The number of halogens is 4. The largest absolute Gasteiger partial charge is 0.396 e. The maximum Gasteiger partial charge on any atom is 0.277 e. The minimum Gasteiger partial charge on any atom is -0.396 e. The van der Waals surface area contributed by atoms with Crippen molar-refractivity contribution in [2.45, 2.75) is 13.0 Å². The Morgan fingerprint density at radius 3 is 2.62 bits per heavy atom. The normalized spacial score (nSPS) is 13.4. The zero-order valence-corrected chi connectivity index (χ0v) is 17.3. The highest BCUT2D eigenvalue weighted by Crippen LogP contribution is 2.29. The monoisotopic (exact) mass is 528 g/mol. The summed E-state index contributed by atoms with van der Waals surface area (Å²) in [5, 5.41) is 19.9. The Morgan fingerprint density at radius 2 is 1.93 bits per heavy atom. The SMILES string of the molecule is O=C(NOCCO)c1cc(COCCCO)c(F)c(F)c1NC1=C(F)C=IC=C1. The number of anilines is 1. The molecule has 1 heterocycles. The summed E-state index contributed by atoms with van der Waals surface area (Å²) in [6.07, 6.45) is 1.71. The van der Waals surface area contributed by atoms with E-state index < -0.39 is 49.8 Å². The Kier molecular flexibility index (Phi) is 9.73. The van der Waals surface area contributed by atoms with Gasteiger partial charge in [-0.2, -0.15) is 0 Å². The van der Waals surface area contributed by atoms with Crippen LogP contribution in [0.25, 0.3) is 0 Å². The van der Waals surface area contributed by atoms with Gasteiger partial charge in [0.1, 0.15) is 0 Å². The first-order valence-electron chi connectivity index (χ1n) is 8.50. The molecule has 1 aromatic rings. The quantitative estimate of drug-likeness (QED) is 0.200. The summed E-state index contributed by atoms with van der Waals surface area (Å²) in [6, 6.07) is 1.07. The fraction of sp³-hybridized carbons (Fsp3) is 0.333. The van der Waals surface area contributed by atoms with Crippen molar-refractivity contribution in [3.63, 3.8) is 0 Å². The highest BCUT2D eigenvalue weighted by atomic mass is 127. The van der Waals surface area contributed by atoms with E-state index in [4.69, 9.17) is 19.8 Å². The Bertz CT molecular complexity index is 830. The highest BCUT2D eigenvalue weighted by molar-refractivity contribution is 14.2. The van der Waals surface area contributed by atoms with Crippen LogP contribution < -0.4 is 10.8 Å². The van der Waals surface area contributed by atoms with Gasteiger partial charge in [-0.05, 0) is 22.6 Å². The third kappa shape index (κ3) is 6.60. The molecule has 7 nitrogen and oxygen atoms in total. The smallest absolute Gasteiger partial charge is 0.277 e. The number of hydrogen-bond acceptors (Lipinski definition) is 6. The average Bonchev–Trinajstić information content (AvgIpc) is 2.71. The summed E-state index contributed by atoms with van der Waals surface area (Å²) in [7, 11) is 0. The molecule has 0 aromatic heterocycles. The predicted octanol–water partition coefficient (Wildman–Crippen LogP) is 2.41. The fourth-order valence-corrected chi connectivity index (χ4v) is 3.64. The van der Waals surface area contributed by atoms with Crippen molar-refractivity contribution >= 4 is 36.3 Å². The molecule has 0 saturated heterocycles. The van der Waals surface area contributed by atoms with Gasteiger partial charge in [-0.15, -0.1) is 0 Å². The summed E-state index contributed by atoms with van der Waals surface area (Å²) >= 11 is -0.594. The molecule has 0 aliphatic carbocycles. The third-order valence-corrected chi connectivity index (χ3v) is 5.25. The van der Waals surface area contributed by atoms with E-state index in [-0.39, 0.29) is 49.9 Å². The van der Waals surface area contributed by atoms with Crippen LogP contribution in [0.1, 0.15) is 22.3 Å². The average molecular weight is 528 g/mol. The molecular weight excluding hydrogens is 508 g/mol. The Labute approximate surface area is 174 Å². The van der Waals surface area contributed by atoms with Gasteiger partial charge in [0.25, 0.3) is 5.91 Å². The van der Waals surface area contributed by atoms with Crippen molar-refractivity contribution in [2.75, 3.05) is 31.7 Å². The van der Waals surface area contributed by atoms with Crippen LogP contribution in [-0.4, -0.2) is 46.6 Å². The number of benzene rings is 1. The number of nitrogens with one attached hydrogen (secondary N) is 2. The number of carbonyl (C=O) groups excluding carboxylic acids is 1. The van der Waals surface area contributed by atoms with Gasteiger partial charge >= 0.3 is 0 Å². The summed E-state index contributed by atoms with van der Waals surface area (Å²) in [5.41, 5.74) is 0.773. The first-order valence-corrected chi connectivity index (χ1v) is 11.0. The Balaban J connectivity index is 2.38. The summed E-state index contributed by atoms with van der Waals surface area (Å²) in [5.74, 6) is -4.18. The van der Waals surface area contributed by atoms with Crippen molar-refractivity contribution in [3.05, 3.63) is 50.5 Å². The first-order chi connectivity index (χ1) is 14.0. The lowest BCUT2D eigenvalue weighted by atomic mass is 10.1. The van der Waals surface area contributed by atoms with Crippen LogP contribution in [0.2, 0.25) is 0 Å². The van der Waals surface area contributed by atoms with Crippen LogP contribution >= 0.6 is 20.7 Å². The number of aliphatic hydroxyl groups excluding tert-OH is 2. The van der Waals surface area contributed by atoms with E-state index in [2.05, 4.69) is 5.32 Å². The van der Waals surface area contributed by atoms with E-state index in [0.29, 0.717) is 6.42 Å². The van der Waals surface area contributed by atoms with Crippen LogP contribution in [0.15, 0.2) is 27.7 Å². The van der Waals surface area contributed by atoms with Gasteiger partial charge in [-0.1, -0.05) is 20.7 Å². The van der Waals surface area contributed by atoms with Crippen LogP contribution in [0, 0.1) is 11.6 Å². The molecule has 0 bridgehead atoms. The second-order valence-electron chi connectivity index (χ2n) is 5.63. The first kappa shape index (κ1) is 23.5. The summed E-state index contributed by atoms with van der Waals surface area (Å²) in [4.78, 5) is 17.1. The van der Waals surface area contributed by atoms with E-state index in [1.54, 1.807) is 4.08 Å². The third-order valence-electron chi connectivity index (χ3n) is 3.57. The zero-order chi connectivity index (χ0) is 21.2. The van der Waals surface area contributed by atoms with Crippen molar-refractivity contribution in [3.8, 4) is 0 Å². The van der Waals surface area contributed by atoms with Gasteiger partial charge in [0.15, 0.2) is 17.5 Å². The van der Waals surface area contributed by atoms with Gasteiger partial charge in [0, 0.05) is 22.8 Å². The van der Waals surface area contributed by atoms with Crippen molar-refractivity contribution in [1.29, 1.82) is 0 Å². The molecule has 0 unspecified atom stereocenters. The molecule has 0 spiro atoms. The van der Waals surface area contributed by atoms with Crippen molar-refractivity contribution < 1.29 is 37.8 Å². The van der Waals surface area contributed by atoms with Gasteiger partial charge in [0.2, 0.25) is 0 Å². The number of hydroxylamine groups is 1. The number of allylic oxidation sites excluding steroid dienone is 2. The molecule has 2 rings (SSSR count). The maximum atomic E-state index is 14.8. The van der Waals surface area contributed by atoms with E-state index >= 15 is 0 Å². The van der Waals surface area contributed by atoms with Crippen molar-refractivity contribution in [2.24, 2.45) is 0 Å². The minimum absolute atomic E-state index is 0.105. The van der Waals surface area contributed by atoms with Gasteiger partial charge in [-0.3, -0.25) is 9.63 Å². The van der Waals surface area contributed by atoms with Crippen molar-refractivity contribution in [1.82, 2.24) is 5.48 Å². The van der Waals surface area contributed by atoms with Crippen LogP contribution in [0.4, 0.5) is 18.9 Å². The van der Waals surface area contributed by atoms with E-state index in [1.807, 2.05) is 5.48 Å². The highest BCUT2D eigenvalue weighted by Gasteiger charge is 2.24. The minimum atomic E-state index is -1.38. The molecule has 1 aromatic carbocycles. The molecular formula is C18H20F3IN2O5. The predicted molar refractivity (Wildman–Crippen MR) is 109 cm³/mol. The van der Waals surface area contributed by atoms with E-state index in [9.17, 15) is 18.0 Å². The maximum absolute atomic E-state index is 14.8. The molecule has 160 valence electrons. The molecule has 0 atom stereocenters. The van der Waals surface area contributed by atoms with Gasteiger partial charge in [0.05, 0.1) is 36.8 Å². The molecule has 0 saturated carbocycles. The Hall–Kier alpha value is -1.80. The number of hydrogen-bond donors (Lipinski definition) is 4. The second-order valence-corrected chi connectivity index (χ2v) is 7.69. The van der Waals surface area contributed by atoms with Gasteiger partial charge < -0.3 is 20.3 Å². The lowest BCUT2D eigenvalue weighted by molar-refractivity contribution is 0.0168. The summed E-state index contributed by atoms with van der Waals surface area (Å²) < 4.78 is 51.5.